The van der Waals surface area contributed by atoms with Crippen molar-refractivity contribution >= 4 is 23.6 Å². The highest BCUT2D eigenvalue weighted by Crippen LogP contribution is 2.34. The molecule has 31 heavy (non-hydrogen) atoms. The van der Waals surface area contributed by atoms with Crippen molar-refractivity contribution in [2.75, 3.05) is 0 Å². The van der Waals surface area contributed by atoms with Crippen LogP contribution >= 0.6 is 11.3 Å². The van der Waals surface area contributed by atoms with Crippen molar-refractivity contribution in [3.63, 3.8) is 0 Å². The molecule has 2 aromatic rings. The molecule has 2 rings (SSSR count). The van der Waals surface area contributed by atoms with Gasteiger partial charge in [0.05, 0.1) is 0 Å². The predicted octanol–water partition coefficient (Wildman–Crippen LogP) is 9.95. The summed E-state index contributed by atoms with van der Waals surface area (Å²) < 4.78 is 14.8. The van der Waals surface area contributed by atoms with Gasteiger partial charge in [-0.25, -0.2) is 4.39 Å². The van der Waals surface area contributed by atoms with E-state index in [-0.39, 0.29) is 5.82 Å². The van der Waals surface area contributed by atoms with Gasteiger partial charge in [-0.05, 0) is 68.7 Å². The van der Waals surface area contributed by atoms with Crippen molar-refractivity contribution in [2.24, 2.45) is 5.92 Å². The van der Waals surface area contributed by atoms with E-state index in [2.05, 4.69) is 45.7 Å². The van der Waals surface area contributed by atoms with Crippen LogP contribution in [0, 0.1) is 17.1 Å². The molecule has 1 aromatic carbocycles. The summed E-state index contributed by atoms with van der Waals surface area (Å²) in [5.41, 5.74) is 3.12. The molecule has 1 nitrogen and oxygen atoms in total. The lowest BCUT2D eigenvalue weighted by Crippen LogP contribution is -2.03. The van der Waals surface area contributed by atoms with Gasteiger partial charge in [-0.1, -0.05) is 83.4 Å². The Morgan fingerprint density at radius 1 is 1.00 bits per heavy atom. The standard InChI is InChI=1S/C27H39FS.CH3N/c1-5-8-10-11-13-22(12-9-6-2)14-15-23-16-17-24(25(28)20-23)27-19-18-26(29-27)21(4)7-3;1-2/h7,16-20,22H,5-6,8-15H2,1-4H3;2H,1H2/b21-7-;. The first-order chi connectivity index (χ1) is 15.1. The number of thiophene rings is 1. The number of unbranched alkanes of at least 4 members (excludes halogenated alkanes) is 4. The molecule has 0 amide bonds. The van der Waals surface area contributed by atoms with Crippen LogP contribution < -0.4 is 0 Å². The van der Waals surface area contributed by atoms with E-state index in [1.54, 1.807) is 17.4 Å². The normalized spacial score (nSPS) is 12.4. The molecule has 172 valence electrons. The smallest absolute Gasteiger partial charge is 0.132 e. The third-order valence-corrected chi connectivity index (χ3v) is 7.25. The van der Waals surface area contributed by atoms with E-state index in [4.69, 9.17) is 5.41 Å². The molecule has 1 N–H and O–H groups in total. The molecular formula is C28H42FNS. The van der Waals surface area contributed by atoms with Crippen LogP contribution in [-0.4, -0.2) is 6.72 Å². The van der Waals surface area contributed by atoms with Gasteiger partial charge in [-0.3, -0.25) is 0 Å². The van der Waals surface area contributed by atoms with Gasteiger partial charge >= 0.3 is 0 Å². The summed E-state index contributed by atoms with van der Waals surface area (Å²) >= 11 is 1.67. The van der Waals surface area contributed by atoms with Crippen LogP contribution in [0.4, 0.5) is 4.39 Å². The Hall–Kier alpha value is -1.74. The maximum Gasteiger partial charge on any atom is 0.132 e. The first-order valence-corrected chi connectivity index (χ1v) is 12.8. The second-order valence-corrected chi connectivity index (χ2v) is 9.43. The third-order valence-electron chi connectivity index (χ3n) is 6.00. The van der Waals surface area contributed by atoms with E-state index in [0.29, 0.717) is 0 Å². The van der Waals surface area contributed by atoms with Crippen molar-refractivity contribution in [3.8, 4) is 10.4 Å². The van der Waals surface area contributed by atoms with Gasteiger partial charge in [0, 0.05) is 15.3 Å². The largest absolute Gasteiger partial charge is 0.317 e. The van der Waals surface area contributed by atoms with Crippen LogP contribution in [-0.2, 0) is 6.42 Å². The van der Waals surface area contributed by atoms with Gasteiger partial charge in [0.25, 0.3) is 0 Å². The van der Waals surface area contributed by atoms with Gasteiger partial charge < -0.3 is 5.41 Å². The molecule has 0 aliphatic carbocycles. The van der Waals surface area contributed by atoms with E-state index in [9.17, 15) is 4.39 Å². The molecule has 0 saturated heterocycles. The molecule has 1 unspecified atom stereocenters. The molecule has 0 radical (unpaired) electrons. The summed E-state index contributed by atoms with van der Waals surface area (Å²) in [6.07, 6.45) is 14.9. The number of benzene rings is 1. The molecule has 0 bridgehead atoms. The zero-order valence-electron chi connectivity index (χ0n) is 20.1. The lowest BCUT2D eigenvalue weighted by Gasteiger charge is -2.17. The van der Waals surface area contributed by atoms with Crippen LogP contribution in [0.5, 0.6) is 0 Å². The Morgan fingerprint density at radius 3 is 2.35 bits per heavy atom. The number of aryl methyl sites for hydroxylation is 1. The van der Waals surface area contributed by atoms with Crippen LogP contribution in [0.1, 0.15) is 95.9 Å². The summed E-state index contributed by atoms with van der Waals surface area (Å²) in [5.74, 6) is 0.709. The summed E-state index contributed by atoms with van der Waals surface area (Å²) in [6, 6.07) is 10.0. The molecule has 0 saturated carbocycles. The molecular weight excluding hydrogens is 401 g/mol. The first kappa shape index (κ1) is 27.3. The minimum Gasteiger partial charge on any atom is -0.317 e. The maximum absolute atomic E-state index is 14.8. The SMILES string of the molecule is C/C=C(/C)c1ccc(-c2ccc(CCC(CCCC)CCCCCC)cc2F)s1.C=N. The minimum absolute atomic E-state index is 0.0814. The fourth-order valence-electron chi connectivity index (χ4n) is 3.91. The van der Waals surface area contributed by atoms with E-state index in [1.807, 2.05) is 19.1 Å². The number of rotatable bonds is 13. The van der Waals surface area contributed by atoms with E-state index < -0.39 is 0 Å². The van der Waals surface area contributed by atoms with E-state index in [1.165, 1.54) is 68.2 Å². The van der Waals surface area contributed by atoms with Gasteiger partial charge in [-0.15, -0.1) is 11.3 Å². The van der Waals surface area contributed by atoms with Gasteiger partial charge in [-0.2, -0.15) is 0 Å². The summed E-state index contributed by atoms with van der Waals surface area (Å²) in [7, 11) is 0. The summed E-state index contributed by atoms with van der Waals surface area (Å²) in [6.45, 7) is 11.2. The topological polar surface area (TPSA) is 23.9 Å². The third kappa shape index (κ3) is 9.51. The Morgan fingerprint density at radius 2 is 1.71 bits per heavy atom. The Labute approximate surface area is 194 Å². The monoisotopic (exact) mass is 443 g/mol. The zero-order chi connectivity index (χ0) is 23.1. The van der Waals surface area contributed by atoms with Crippen LogP contribution in [0.15, 0.2) is 36.4 Å². The predicted molar refractivity (Wildman–Crippen MR) is 139 cm³/mol. The number of halogens is 1. The highest BCUT2D eigenvalue weighted by molar-refractivity contribution is 7.16. The Kier molecular flexibility index (Phi) is 14.1. The fourth-order valence-corrected chi connectivity index (χ4v) is 4.97. The quantitative estimate of drug-likeness (QED) is 0.235. The van der Waals surface area contributed by atoms with Crippen molar-refractivity contribution in [2.45, 2.75) is 91.9 Å². The van der Waals surface area contributed by atoms with Crippen LogP contribution in [0.3, 0.4) is 0 Å². The molecule has 0 spiro atoms. The zero-order valence-corrected chi connectivity index (χ0v) is 20.9. The van der Waals surface area contributed by atoms with Gasteiger partial charge in [0.15, 0.2) is 0 Å². The Balaban J connectivity index is 0.00000233. The average molecular weight is 444 g/mol. The molecule has 0 fully saturated rings. The minimum atomic E-state index is -0.0814. The molecule has 0 aliphatic heterocycles. The van der Waals surface area contributed by atoms with Crippen LogP contribution in [0.25, 0.3) is 16.0 Å². The number of hydrogen-bond donors (Lipinski definition) is 1. The van der Waals surface area contributed by atoms with Crippen molar-refractivity contribution < 1.29 is 4.39 Å². The number of allylic oxidation sites excluding steroid dienone is 2. The lowest BCUT2D eigenvalue weighted by molar-refractivity contribution is 0.388. The van der Waals surface area contributed by atoms with E-state index in [0.717, 1.165) is 28.3 Å². The fraction of sp³-hybridized carbons (Fsp3) is 0.536. The summed E-state index contributed by atoms with van der Waals surface area (Å²) in [4.78, 5) is 2.23. The van der Waals surface area contributed by atoms with Crippen molar-refractivity contribution in [1.82, 2.24) is 0 Å². The average Bonchev–Trinajstić information content (AvgIpc) is 3.28. The molecule has 1 atom stereocenters. The summed E-state index contributed by atoms with van der Waals surface area (Å²) in [5, 5.41) is 5.50. The van der Waals surface area contributed by atoms with Crippen molar-refractivity contribution in [3.05, 3.63) is 52.7 Å². The highest BCUT2D eigenvalue weighted by Gasteiger charge is 2.12. The van der Waals surface area contributed by atoms with Gasteiger partial charge in [0.2, 0.25) is 0 Å². The number of nitrogens with one attached hydrogen (secondary N) is 1. The van der Waals surface area contributed by atoms with E-state index >= 15 is 0 Å². The highest BCUT2D eigenvalue weighted by atomic mass is 32.1. The second kappa shape index (κ2) is 16.0. The molecule has 1 aromatic heterocycles. The second-order valence-electron chi connectivity index (χ2n) is 8.35. The first-order valence-electron chi connectivity index (χ1n) is 12.0. The van der Waals surface area contributed by atoms with Gasteiger partial charge in [0.1, 0.15) is 5.82 Å². The number of hydrogen-bond acceptors (Lipinski definition) is 2. The molecule has 1 heterocycles. The molecule has 3 heteroatoms. The van der Waals surface area contributed by atoms with Crippen LogP contribution in [0.2, 0.25) is 0 Å². The van der Waals surface area contributed by atoms with Crippen molar-refractivity contribution in [1.29, 1.82) is 5.41 Å². The lowest BCUT2D eigenvalue weighted by atomic mass is 9.89. The maximum atomic E-state index is 14.8. The Bertz CT molecular complexity index is 777. The molecule has 0 aliphatic rings.